The van der Waals surface area contributed by atoms with Gasteiger partial charge in [-0.15, -0.1) is 0 Å². The number of aliphatic hydroxyl groups excluding tert-OH is 2. The van der Waals surface area contributed by atoms with Crippen LogP contribution < -0.4 is 0 Å². The number of aliphatic hydroxyl groups is 3. The van der Waals surface area contributed by atoms with Crippen LogP contribution >= 0.6 is 0 Å². The van der Waals surface area contributed by atoms with Crippen molar-refractivity contribution in [2.24, 2.45) is 0 Å². The lowest BCUT2D eigenvalue weighted by atomic mass is 10.0. The average molecular weight is 150 g/mol. The monoisotopic (exact) mass is 150 g/mol. The van der Waals surface area contributed by atoms with Crippen LogP contribution in [0, 0.1) is 0 Å². The maximum Gasteiger partial charge on any atom is 0.113 e. The number of rotatable bonds is 5. The Labute approximate surface area is 60.1 Å². The molecular weight excluding hydrogens is 136 g/mol. The fourth-order valence-electron chi connectivity index (χ4n) is 0.674. The molecule has 0 saturated heterocycles. The van der Waals surface area contributed by atoms with E-state index in [1.165, 1.54) is 7.11 Å². The van der Waals surface area contributed by atoms with Gasteiger partial charge in [-0.3, -0.25) is 0 Å². The van der Waals surface area contributed by atoms with Crippen molar-refractivity contribution < 1.29 is 20.1 Å². The summed E-state index contributed by atoms with van der Waals surface area (Å²) in [6.45, 7) is -0.494. The highest BCUT2D eigenvalue weighted by molar-refractivity contribution is 4.75. The normalized spacial score (nSPS) is 16.8. The van der Waals surface area contributed by atoms with Gasteiger partial charge < -0.3 is 20.1 Å². The summed E-state index contributed by atoms with van der Waals surface area (Å²) < 4.78 is 4.63. The van der Waals surface area contributed by atoms with E-state index in [0.29, 0.717) is 0 Å². The smallest absolute Gasteiger partial charge is 0.113 e. The summed E-state index contributed by atoms with van der Waals surface area (Å²) in [4.78, 5) is 0. The third-order valence-electron chi connectivity index (χ3n) is 1.28. The quantitative estimate of drug-likeness (QED) is 0.457. The predicted octanol–water partition coefficient (Wildman–Crippen LogP) is -1.26. The second-order valence-electron chi connectivity index (χ2n) is 2.29. The molecular formula is C6H14O4. The molecule has 0 saturated carbocycles. The highest BCUT2D eigenvalue weighted by Gasteiger charge is 2.24. The number of methoxy groups -OCH3 is 1. The van der Waals surface area contributed by atoms with Gasteiger partial charge in [0.05, 0.1) is 13.2 Å². The van der Waals surface area contributed by atoms with Crippen LogP contribution in [0.3, 0.4) is 0 Å². The Morgan fingerprint density at radius 3 is 2.30 bits per heavy atom. The van der Waals surface area contributed by atoms with Crippen molar-refractivity contribution in [1.82, 2.24) is 0 Å². The van der Waals surface area contributed by atoms with Crippen LogP contribution in [0.4, 0.5) is 0 Å². The lowest BCUT2D eigenvalue weighted by Crippen LogP contribution is -2.39. The molecule has 0 rings (SSSR count). The van der Waals surface area contributed by atoms with Gasteiger partial charge in [0.1, 0.15) is 5.60 Å². The van der Waals surface area contributed by atoms with E-state index in [0.717, 1.165) is 0 Å². The van der Waals surface area contributed by atoms with Crippen LogP contribution in [0.5, 0.6) is 0 Å². The summed E-state index contributed by atoms with van der Waals surface area (Å²) in [7, 11) is 1.43. The Morgan fingerprint density at radius 2 is 2.00 bits per heavy atom. The molecule has 62 valence electrons. The second-order valence-corrected chi connectivity index (χ2v) is 2.29. The van der Waals surface area contributed by atoms with Gasteiger partial charge in [-0.05, 0) is 0 Å². The molecule has 10 heavy (non-hydrogen) atoms. The zero-order valence-electron chi connectivity index (χ0n) is 6.08. The first-order valence-electron chi connectivity index (χ1n) is 3.11. The number of ether oxygens (including phenoxy) is 1. The molecule has 0 heterocycles. The molecule has 0 aromatic heterocycles. The van der Waals surface area contributed by atoms with Gasteiger partial charge in [-0.2, -0.15) is 0 Å². The molecule has 4 heteroatoms. The molecule has 0 aromatic rings. The summed E-state index contributed by atoms with van der Waals surface area (Å²) in [5, 5.41) is 26.3. The number of hydrogen-bond donors (Lipinski definition) is 3. The molecule has 0 aliphatic rings. The maximum atomic E-state index is 9.28. The highest BCUT2D eigenvalue weighted by Crippen LogP contribution is 2.08. The Kier molecular flexibility index (Phi) is 4.55. The van der Waals surface area contributed by atoms with Crippen molar-refractivity contribution in [3.05, 3.63) is 0 Å². The second kappa shape index (κ2) is 4.62. The van der Waals surface area contributed by atoms with Crippen LogP contribution in [-0.4, -0.2) is 47.9 Å². The van der Waals surface area contributed by atoms with Crippen molar-refractivity contribution in [3.63, 3.8) is 0 Å². The fraction of sp³-hybridized carbons (Fsp3) is 1.00. The van der Waals surface area contributed by atoms with E-state index in [9.17, 15) is 5.11 Å². The fourth-order valence-corrected chi connectivity index (χ4v) is 0.674. The van der Waals surface area contributed by atoms with Crippen molar-refractivity contribution in [2.45, 2.75) is 12.0 Å². The molecule has 4 nitrogen and oxygen atoms in total. The molecule has 0 amide bonds. The molecule has 3 N–H and O–H groups in total. The SMILES string of the molecule is COCC(O)(CO)CCO. The zero-order chi connectivity index (χ0) is 8.04. The summed E-state index contributed by atoms with van der Waals surface area (Å²) in [6.07, 6.45) is 0.136. The molecule has 0 bridgehead atoms. The van der Waals surface area contributed by atoms with Crippen LogP contribution in [0.25, 0.3) is 0 Å². The van der Waals surface area contributed by atoms with Crippen LogP contribution in [-0.2, 0) is 4.74 Å². The van der Waals surface area contributed by atoms with E-state index in [1.54, 1.807) is 0 Å². The Bertz CT molecular complexity index is 77.8. The minimum absolute atomic E-state index is 0.0457. The van der Waals surface area contributed by atoms with E-state index in [1.807, 2.05) is 0 Å². The third kappa shape index (κ3) is 3.12. The van der Waals surface area contributed by atoms with Crippen LogP contribution in [0.1, 0.15) is 6.42 Å². The van der Waals surface area contributed by atoms with Crippen molar-refractivity contribution in [1.29, 1.82) is 0 Å². The van der Waals surface area contributed by atoms with Gasteiger partial charge >= 0.3 is 0 Å². The first-order valence-corrected chi connectivity index (χ1v) is 3.11. The van der Waals surface area contributed by atoms with Crippen molar-refractivity contribution in [3.8, 4) is 0 Å². The summed E-state index contributed by atoms with van der Waals surface area (Å²) in [5.74, 6) is 0. The first-order chi connectivity index (χ1) is 4.68. The van der Waals surface area contributed by atoms with Gasteiger partial charge in [-0.25, -0.2) is 0 Å². The Hall–Kier alpha value is -0.160. The predicted molar refractivity (Wildman–Crippen MR) is 35.6 cm³/mol. The summed E-state index contributed by atoms with van der Waals surface area (Å²) in [5.41, 5.74) is -1.27. The van der Waals surface area contributed by atoms with Gasteiger partial charge in [0.2, 0.25) is 0 Å². The van der Waals surface area contributed by atoms with Gasteiger partial charge in [0.15, 0.2) is 0 Å². The van der Waals surface area contributed by atoms with E-state index in [4.69, 9.17) is 10.2 Å². The third-order valence-corrected chi connectivity index (χ3v) is 1.28. The topological polar surface area (TPSA) is 69.9 Å². The summed E-state index contributed by atoms with van der Waals surface area (Å²) >= 11 is 0. The zero-order valence-corrected chi connectivity index (χ0v) is 6.08. The lowest BCUT2D eigenvalue weighted by Gasteiger charge is -2.23. The van der Waals surface area contributed by atoms with Crippen LogP contribution in [0.2, 0.25) is 0 Å². The minimum Gasteiger partial charge on any atom is -0.396 e. The molecule has 0 fully saturated rings. The van der Waals surface area contributed by atoms with Gasteiger partial charge in [0.25, 0.3) is 0 Å². The van der Waals surface area contributed by atoms with E-state index >= 15 is 0 Å². The molecule has 0 radical (unpaired) electrons. The average Bonchev–Trinajstić information content (AvgIpc) is 1.89. The molecule has 0 aromatic carbocycles. The molecule has 0 aliphatic carbocycles. The van der Waals surface area contributed by atoms with E-state index in [-0.39, 0.29) is 26.2 Å². The Morgan fingerprint density at radius 1 is 1.40 bits per heavy atom. The highest BCUT2D eigenvalue weighted by atomic mass is 16.5. The minimum atomic E-state index is -1.27. The Balaban J connectivity index is 3.69. The molecule has 0 spiro atoms. The molecule has 1 atom stereocenters. The maximum absolute atomic E-state index is 9.28. The van der Waals surface area contributed by atoms with Gasteiger partial charge in [-0.1, -0.05) is 0 Å². The van der Waals surface area contributed by atoms with Crippen molar-refractivity contribution in [2.75, 3.05) is 26.9 Å². The number of hydrogen-bond acceptors (Lipinski definition) is 4. The summed E-state index contributed by atoms with van der Waals surface area (Å²) in [6, 6.07) is 0. The van der Waals surface area contributed by atoms with Gasteiger partial charge in [0, 0.05) is 20.1 Å². The van der Waals surface area contributed by atoms with E-state index in [2.05, 4.69) is 4.74 Å². The van der Waals surface area contributed by atoms with E-state index < -0.39 is 5.60 Å². The largest absolute Gasteiger partial charge is 0.396 e. The molecule has 1 unspecified atom stereocenters. The van der Waals surface area contributed by atoms with Crippen molar-refractivity contribution >= 4 is 0 Å². The first kappa shape index (κ1) is 9.84. The molecule has 0 aliphatic heterocycles. The lowest BCUT2D eigenvalue weighted by molar-refractivity contribution is -0.0786. The standard InChI is InChI=1S/C6H14O4/c1-10-5-6(9,4-8)2-3-7/h7-9H,2-5H2,1H3. The van der Waals surface area contributed by atoms with Crippen LogP contribution in [0.15, 0.2) is 0 Å².